The number of rotatable bonds is 2. The minimum atomic E-state index is -0.189. The monoisotopic (exact) mass is 150 g/mol. The second kappa shape index (κ2) is 3.19. The molecule has 1 rings (SSSR count). The molecule has 0 aromatic heterocycles. The first-order valence-electron chi connectivity index (χ1n) is 3.40. The van der Waals surface area contributed by atoms with Crippen LogP contribution in [0, 0.1) is 0 Å². The molecule has 0 fully saturated rings. The molecule has 0 saturated carbocycles. The van der Waals surface area contributed by atoms with Crippen LogP contribution in [-0.4, -0.2) is 12.6 Å². The summed E-state index contributed by atoms with van der Waals surface area (Å²) in [6.45, 7) is 7.55. The van der Waals surface area contributed by atoms with Gasteiger partial charge in [-0.1, -0.05) is 25.3 Å². The van der Waals surface area contributed by atoms with Crippen LogP contribution in [0.15, 0.2) is 36.5 Å². The molecule has 1 heterocycles. The van der Waals surface area contributed by atoms with Crippen molar-refractivity contribution in [3.8, 4) is 0 Å². The number of ether oxygens (including phenoxy) is 1. The van der Waals surface area contributed by atoms with E-state index in [1.807, 2.05) is 0 Å². The Morgan fingerprint density at radius 2 is 1.91 bits per heavy atom. The first-order chi connectivity index (χ1) is 5.27. The number of esters is 1. The lowest BCUT2D eigenvalue weighted by Crippen LogP contribution is -2.14. The predicted molar refractivity (Wildman–Crippen MR) is 43.0 cm³/mol. The Balaban J connectivity index is 2.91. The van der Waals surface area contributed by atoms with Gasteiger partial charge in [0, 0.05) is 0 Å². The molecule has 0 atom stereocenters. The molecule has 0 bridgehead atoms. The number of allylic oxidation sites excluding steroid dienone is 1. The lowest BCUT2D eigenvalue weighted by atomic mass is 10.0. The van der Waals surface area contributed by atoms with Gasteiger partial charge >= 0.3 is 5.97 Å². The largest absolute Gasteiger partial charge is 0.461 e. The van der Waals surface area contributed by atoms with E-state index in [1.165, 1.54) is 0 Å². The fraction of sp³-hybridized carbons (Fsp3) is 0.222. The van der Waals surface area contributed by atoms with Crippen LogP contribution in [0.3, 0.4) is 0 Å². The lowest BCUT2D eigenvalue weighted by Gasteiger charge is -2.14. The minimum Gasteiger partial charge on any atom is -0.461 e. The van der Waals surface area contributed by atoms with Gasteiger partial charge in [-0.15, -0.1) is 0 Å². The molecule has 1 aliphatic heterocycles. The van der Waals surface area contributed by atoms with Gasteiger partial charge in [-0.2, -0.15) is 0 Å². The van der Waals surface area contributed by atoms with Crippen molar-refractivity contribution in [1.29, 1.82) is 0 Å². The molecule has 0 aromatic rings. The maximum atomic E-state index is 10.8. The Morgan fingerprint density at radius 3 is 2.45 bits per heavy atom. The number of cyclic esters (lactones) is 1. The van der Waals surface area contributed by atoms with Crippen molar-refractivity contribution in [3.63, 3.8) is 0 Å². The molecule has 11 heavy (non-hydrogen) atoms. The quantitative estimate of drug-likeness (QED) is 0.559. The molecule has 0 aliphatic carbocycles. The third-order valence-corrected chi connectivity index (χ3v) is 1.63. The topological polar surface area (TPSA) is 26.3 Å². The summed E-state index contributed by atoms with van der Waals surface area (Å²) in [4.78, 5) is 10.8. The maximum absolute atomic E-state index is 10.8. The van der Waals surface area contributed by atoms with E-state index in [2.05, 4.69) is 13.2 Å². The molecule has 0 radical (unpaired) electrons. The number of hydrogen-bond acceptors (Lipinski definition) is 2. The van der Waals surface area contributed by atoms with E-state index >= 15 is 0 Å². The van der Waals surface area contributed by atoms with Gasteiger partial charge in [-0.3, -0.25) is 4.79 Å². The highest BCUT2D eigenvalue weighted by molar-refractivity contribution is 5.75. The molecule has 58 valence electrons. The van der Waals surface area contributed by atoms with Gasteiger partial charge in [-0.25, -0.2) is 0 Å². The van der Waals surface area contributed by atoms with Gasteiger partial charge in [0.25, 0.3) is 0 Å². The van der Waals surface area contributed by atoms with Crippen molar-refractivity contribution in [3.05, 3.63) is 36.5 Å². The molecule has 2 nitrogen and oxygen atoms in total. The number of carbonyl (C=O) groups is 1. The molecule has 1 aliphatic rings. The molecule has 0 N–H and O–H groups in total. The van der Waals surface area contributed by atoms with E-state index in [1.54, 1.807) is 12.2 Å². The first kappa shape index (κ1) is 7.79. The molecular formula is C9H10O2. The second-order valence-electron chi connectivity index (χ2n) is 2.30. The van der Waals surface area contributed by atoms with Crippen LogP contribution in [0.25, 0.3) is 0 Å². The summed E-state index contributed by atoms with van der Waals surface area (Å²) in [6.07, 6.45) is 3.70. The smallest absolute Gasteiger partial charge is 0.310 e. The third-order valence-electron chi connectivity index (χ3n) is 1.63. The van der Waals surface area contributed by atoms with Crippen molar-refractivity contribution in [1.82, 2.24) is 0 Å². The molecule has 2 heteroatoms. The average Bonchev–Trinajstić information content (AvgIpc) is 2.04. The van der Waals surface area contributed by atoms with Crippen molar-refractivity contribution < 1.29 is 9.53 Å². The van der Waals surface area contributed by atoms with Gasteiger partial charge in [-0.05, 0) is 11.1 Å². The van der Waals surface area contributed by atoms with Crippen molar-refractivity contribution in [2.45, 2.75) is 6.42 Å². The molecular weight excluding hydrogens is 140 g/mol. The zero-order chi connectivity index (χ0) is 8.27. The molecule has 0 amide bonds. The molecule has 0 unspecified atom stereocenters. The molecule has 0 spiro atoms. The van der Waals surface area contributed by atoms with Crippen molar-refractivity contribution in [2.75, 3.05) is 6.61 Å². The van der Waals surface area contributed by atoms with Crippen molar-refractivity contribution >= 4 is 5.97 Å². The van der Waals surface area contributed by atoms with Crippen LogP contribution in [0.1, 0.15) is 6.42 Å². The Bertz CT molecular complexity index is 236. The number of carbonyl (C=O) groups excluding carboxylic acids is 1. The van der Waals surface area contributed by atoms with Gasteiger partial charge in [0.1, 0.15) is 6.61 Å². The third kappa shape index (κ3) is 1.58. The molecule has 0 saturated heterocycles. The van der Waals surface area contributed by atoms with E-state index < -0.39 is 0 Å². The van der Waals surface area contributed by atoms with Crippen LogP contribution in [0.2, 0.25) is 0 Å². The fourth-order valence-electron chi connectivity index (χ4n) is 0.964. The Kier molecular flexibility index (Phi) is 2.26. The van der Waals surface area contributed by atoms with E-state index in [9.17, 15) is 4.79 Å². The summed E-state index contributed by atoms with van der Waals surface area (Å²) in [5.74, 6) is -0.189. The van der Waals surface area contributed by atoms with E-state index in [-0.39, 0.29) is 5.97 Å². The molecule has 0 aromatic carbocycles. The second-order valence-corrected chi connectivity index (χ2v) is 2.30. The van der Waals surface area contributed by atoms with Crippen LogP contribution in [0.4, 0.5) is 0 Å². The van der Waals surface area contributed by atoms with E-state index in [4.69, 9.17) is 4.74 Å². The normalized spacial score (nSPS) is 17.6. The SMILES string of the molecule is C=CC1=C(C=C)CC(=O)OC1. The Hall–Kier alpha value is -1.31. The summed E-state index contributed by atoms with van der Waals surface area (Å²) in [6, 6.07) is 0. The first-order valence-corrected chi connectivity index (χ1v) is 3.40. The Morgan fingerprint density at radius 1 is 1.27 bits per heavy atom. The van der Waals surface area contributed by atoms with Gasteiger partial charge < -0.3 is 4.74 Å². The van der Waals surface area contributed by atoms with Crippen LogP contribution in [-0.2, 0) is 9.53 Å². The highest BCUT2D eigenvalue weighted by Crippen LogP contribution is 2.17. The predicted octanol–water partition coefficient (Wildman–Crippen LogP) is 1.60. The van der Waals surface area contributed by atoms with Crippen LogP contribution in [0.5, 0.6) is 0 Å². The summed E-state index contributed by atoms with van der Waals surface area (Å²) in [7, 11) is 0. The minimum absolute atomic E-state index is 0.189. The number of hydrogen-bond donors (Lipinski definition) is 0. The van der Waals surface area contributed by atoms with Crippen LogP contribution < -0.4 is 0 Å². The summed E-state index contributed by atoms with van der Waals surface area (Å²) >= 11 is 0. The van der Waals surface area contributed by atoms with Gasteiger partial charge in [0.15, 0.2) is 0 Å². The van der Waals surface area contributed by atoms with E-state index in [0.717, 1.165) is 11.1 Å². The standard InChI is InChI=1S/C9H10O2/c1-3-7-5-9(10)11-6-8(7)4-2/h3-4H,1-2,5-6H2. The highest BCUT2D eigenvalue weighted by atomic mass is 16.5. The summed E-state index contributed by atoms with van der Waals surface area (Å²) < 4.78 is 4.80. The summed E-state index contributed by atoms with van der Waals surface area (Å²) in [5.41, 5.74) is 1.89. The lowest BCUT2D eigenvalue weighted by molar-refractivity contribution is -0.142. The maximum Gasteiger partial charge on any atom is 0.310 e. The Labute approximate surface area is 65.9 Å². The van der Waals surface area contributed by atoms with Crippen LogP contribution >= 0.6 is 0 Å². The highest BCUT2D eigenvalue weighted by Gasteiger charge is 2.14. The average molecular weight is 150 g/mol. The van der Waals surface area contributed by atoms with E-state index in [0.29, 0.717) is 13.0 Å². The zero-order valence-corrected chi connectivity index (χ0v) is 6.30. The van der Waals surface area contributed by atoms with Crippen molar-refractivity contribution in [2.24, 2.45) is 0 Å². The van der Waals surface area contributed by atoms with Gasteiger partial charge in [0.2, 0.25) is 0 Å². The summed E-state index contributed by atoms with van der Waals surface area (Å²) in [5, 5.41) is 0. The van der Waals surface area contributed by atoms with Gasteiger partial charge in [0.05, 0.1) is 6.42 Å². The zero-order valence-electron chi connectivity index (χ0n) is 6.30. The fourth-order valence-corrected chi connectivity index (χ4v) is 0.964.